The van der Waals surface area contributed by atoms with Gasteiger partial charge in [-0.25, -0.2) is 0 Å². The van der Waals surface area contributed by atoms with E-state index in [9.17, 15) is 0 Å². The molecule has 0 amide bonds. The molecular formula is C12H25NO. The van der Waals surface area contributed by atoms with Crippen LogP contribution in [0.1, 0.15) is 39.5 Å². The van der Waals surface area contributed by atoms with Crippen LogP contribution in [-0.2, 0) is 0 Å². The maximum absolute atomic E-state index is 8.92. The maximum Gasteiger partial charge on any atom is 0.0483 e. The van der Waals surface area contributed by atoms with E-state index in [0.29, 0.717) is 12.5 Å². The quantitative estimate of drug-likeness (QED) is 0.679. The molecule has 2 nitrogen and oxygen atoms in total. The highest BCUT2D eigenvalue weighted by molar-refractivity contribution is 4.80. The van der Waals surface area contributed by atoms with E-state index in [1.54, 1.807) is 0 Å². The third-order valence-electron chi connectivity index (χ3n) is 3.20. The van der Waals surface area contributed by atoms with Gasteiger partial charge < -0.3 is 10.0 Å². The lowest BCUT2D eigenvalue weighted by molar-refractivity contribution is 0.0392. The van der Waals surface area contributed by atoms with Crippen molar-refractivity contribution in [1.82, 2.24) is 4.90 Å². The summed E-state index contributed by atoms with van der Waals surface area (Å²) in [7, 11) is 0. The molecule has 2 heteroatoms. The molecule has 1 aliphatic heterocycles. The summed E-state index contributed by atoms with van der Waals surface area (Å²) in [5, 5.41) is 8.92. The SMILES string of the molecule is CCCC(CCC)CN1CC(CO)C1. The smallest absolute Gasteiger partial charge is 0.0483 e. The second-order valence-electron chi connectivity index (χ2n) is 4.71. The van der Waals surface area contributed by atoms with Gasteiger partial charge in [-0.1, -0.05) is 26.7 Å². The van der Waals surface area contributed by atoms with E-state index in [0.717, 1.165) is 19.0 Å². The second kappa shape index (κ2) is 6.41. The Bertz CT molecular complexity index is 137. The largest absolute Gasteiger partial charge is 0.396 e. The van der Waals surface area contributed by atoms with Gasteiger partial charge in [0.05, 0.1) is 0 Å². The van der Waals surface area contributed by atoms with Crippen LogP contribution in [0.15, 0.2) is 0 Å². The first kappa shape index (κ1) is 12.0. The lowest BCUT2D eigenvalue weighted by Gasteiger charge is -2.40. The predicted octanol–water partition coefficient (Wildman–Crippen LogP) is 2.13. The van der Waals surface area contributed by atoms with E-state index in [4.69, 9.17) is 5.11 Å². The molecule has 0 unspecified atom stereocenters. The van der Waals surface area contributed by atoms with Crippen molar-refractivity contribution < 1.29 is 5.11 Å². The minimum absolute atomic E-state index is 0.378. The Morgan fingerprint density at radius 1 is 1.21 bits per heavy atom. The van der Waals surface area contributed by atoms with Crippen LogP contribution in [0.4, 0.5) is 0 Å². The fraction of sp³-hybridized carbons (Fsp3) is 1.00. The molecule has 0 bridgehead atoms. The Kier molecular flexibility index (Phi) is 5.49. The van der Waals surface area contributed by atoms with Crippen molar-refractivity contribution in [2.75, 3.05) is 26.2 Å². The molecule has 84 valence electrons. The van der Waals surface area contributed by atoms with Gasteiger partial charge in [0.2, 0.25) is 0 Å². The molecule has 0 saturated carbocycles. The second-order valence-corrected chi connectivity index (χ2v) is 4.71. The van der Waals surface area contributed by atoms with Crippen LogP contribution >= 0.6 is 0 Å². The van der Waals surface area contributed by atoms with Crippen molar-refractivity contribution >= 4 is 0 Å². The summed E-state index contributed by atoms with van der Waals surface area (Å²) in [6.45, 7) is 8.44. The summed E-state index contributed by atoms with van der Waals surface area (Å²) >= 11 is 0. The lowest BCUT2D eigenvalue weighted by Crippen LogP contribution is -2.50. The van der Waals surface area contributed by atoms with Gasteiger partial charge in [0.15, 0.2) is 0 Å². The number of hydrogen-bond donors (Lipinski definition) is 1. The summed E-state index contributed by atoms with van der Waals surface area (Å²) < 4.78 is 0. The standard InChI is InChI=1S/C12H25NO/c1-3-5-11(6-4-2)7-13-8-12(9-13)10-14/h11-12,14H,3-10H2,1-2H3. The van der Waals surface area contributed by atoms with Crippen LogP contribution in [0.3, 0.4) is 0 Å². The molecule has 0 aromatic carbocycles. The first-order valence-corrected chi connectivity index (χ1v) is 6.13. The van der Waals surface area contributed by atoms with Crippen LogP contribution in [0.5, 0.6) is 0 Å². The Morgan fingerprint density at radius 3 is 2.21 bits per heavy atom. The summed E-state index contributed by atoms with van der Waals surface area (Å²) in [5.74, 6) is 1.46. The average Bonchev–Trinajstić information content (AvgIpc) is 2.11. The topological polar surface area (TPSA) is 23.5 Å². The Balaban J connectivity index is 2.13. The van der Waals surface area contributed by atoms with Crippen LogP contribution in [0, 0.1) is 11.8 Å². The fourth-order valence-corrected chi connectivity index (χ4v) is 2.45. The summed E-state index contributed by atoms with van der Waals surface area (Å²) in [5.41, 5.74) is 0. The Morgan fingerprint density at radius 2 is 1.79 bits per heavy atom. The summed E-state index contributed by atoms with van der Waals surface area (Å²) in [6.07, 6.45) is 5.35. The van der Waals surface area contributed by atoms with Crippen LogP contribution in [0.25, 0.3) is 0 Å². The van der Waals surface area contributed by atoms with Gasteiger partial charge in [0.25, 0.3) is 0 Å². The van der Waals surface area contributed by atoms with Crippen LogP contribution in [-0.4, -0.2) is 36.2 Å². The van der Waals surface area contributed by atoms with E-state index in [1.807, 2.05) is 0 Å². The van der Waals surface area contributed by atoms with Crippen LogP contribution in [0.2, 0.25) is 0 Å². The number of aliphatic hydroxyl groups is 1. The van der Waals surface area contributed by atoms with Gasteiger partial charge >= 0.3 is 0 Å². The zero-order chi connectivity index (χ0) is 10.4. The molecule has 0 aliphatic carbocycles. The highest BCUT2D eigenvalue weighted by Gasteiger charge is 2.27. The molecule has 0 aromatic rings. The van der Waals surface area contributed by atoms with Gasteiger partial charge in [-0.2, -0.15) is 0 Å². The molecule has 0 radical (unpaired) electrons. The summed E-state index contributed by atoms with van der Waals surface area (Å²) in [6, 6.07) is 0. The van der Waals surface area contributed by atoms with Gasteiger partial charge in [-0.3, -0.25) is 0 Å². The lowest BCUT2D eigenvalue weighted by atomic mass is 9.93. The zero-order valence-corrected chi connectivity index (χ0v) is 9.71. The number of hydrogen-bond acceptors (Lipinski definition) is 2. The molecule has 1 heterocycles. The van der Waals surface area contributed by atoms with Crippen molar-refractivity contribution in [3.8, 4) is 0 Å². The van der Waals surface area contributed by atoms with E-state index in [1.165, 1.54) is 32.2 Å². The molecule has 1 rings (SSSR count). The van der Waals surface area contributed by atoms with Crippen molar-refractivity contribution in [3.05, 3.63) is 0 Å². The summed E-state index contributed by atoms with van der Waals surface area (Å²) in [4.78, 5) is 2.50. The molecular weight excluding hydrogens is 174 g/mol. The zero-order valence-electron chi connectivity index (χ0n) is 9.71. The maximum atomic E-state index is 8.92. The van der Waals surface area contributed by atoms with Crippen molar-refractivity contribution in [1.29, 1.82) is 0 Å². The van der Waals surface area contributed by atoms with Gasteiger partial charge in [0, 0.05) is 32.2 Å². The van der Waals surface area contributed by atoms with Gasteiger partial charge in [0.1, 0.15) is 0 Å². The van der Waals surface area contributed by atoms with Gasteiger partial charge in [-0.05, 0) is 18.8 Å². The third kappa shape index (κ3) is 3.58. The van der Waals surface area contributed by atoms with Crippen molar-refractivity contribution in [3.63, 3.8) is 0 Å². The fourth-order valence-electron chi connectivity index (χ4n) is 2.45. The minimum Gasteiger partial charge on any atom is -0.396 e. The van der Waals surface area contributed by atoms with Crippen molar-refractivity contribution in [2.45, 2.75) is 39.5 Å². The Labute approximate surface area is 88.3 Å². The predicted molar refractivity (Wildman–Crippen MR) is 60.3 cm³/mol. The number of aliphatic hydroxyl groups excluding tert-OH is 1. The van der Waals surface area contributed by atoms with E-state index in [2.05, 4.69) is 18.7 Å². The third-order valence-corrected chi connectivity index (χ3v) is 3.20. The van der Waals surface area contributed by atoms with Crippen LogP contribution < -0.4 is 0 Å². The molecule has 1 saturated heterocycles. The first-order valence-electron chi connectivity index (χ1n) is 6.13. The molecule has 1 aliphatic rings. The van der Waals surface area contributed by atoms with E-state index in [-0.39, 0.29) is 0 Å². The number of nitrogens with zero attached hydrogens (tertiary/aromatic N) is 1. The molecule has 1 fully saturated rings. The molecule has 14 heavy (non-hydrogen) atoms. The van der Waals surface area contributed by atoms with Crippen molar-refractivity contribution in [2.24, 2.45) is 11.8 Å². The first-order chi connectivity index (χ1) is 6.80. The molecule has 1 N–H and O–H groups in total. The highest BCUT2D eigenvalue weighted by atomic mass is 16.3. The normalized spacial score (nSPS) is 18.9. The number of rotatable bonds is 7. The number of likely N-dealkylation sites (tertiary alicyclic amines) is 1. The average molecular weight is 199 g/mol. The van der Waals surface area contributed by atoms with E-state index >= 15 is 0 Å². The molecule has 0 spiro atoms. The monoisotopic (exact) mass is 199 g/mol. The molecule has 0 atom stereocenters. The minimum atomic E-state index is 0.378. The van der Waals surface area contributed by atoms with Gasteiger partial charge in [-0.15, -0.1) is 0 Å². The molecule has 0 aromatic heterocycles. The Hall–Kier alpha value is -0.0800. The van der Waals surface area contributed by atoms with E-state index < -0.39 is 0 Å². The highest BCUT2D eigenvalue weighted by Crippen LogP contribution is 2.21.